The number of β-amino-alcohol motifs (C(OH)–C–C–N with tert-alkyl or cyclic N) is 2. The van der Waals surface area contributed by atoms with Crippen LogP contribution in [0.1, 0.15) is 39.5 Å². The van der Waals surface area contributed by atoms with Gasteiger partial charge in [0.2, 0.25) is 9.84 Å². The van der Waals surface area contributed by atoms with Gasteiger partial charge >= 0.3 is 0 Å². The number of sulfone groups is 1. The van der Waals surface area contributed by atoms with E-state index >= 15 is 0 Å². The number of nitrogens with zero attached hydrogens (tertiary/aromatic N) is 2. The summed E-state index contributed by atoms with van der Waals surface area (Å²) >= 11 is 0. The molecule has 216 valence electrons. The number of piperidine rings is 2. The normalized spacial score (nSPS) is 20.0. The van der Waals surface area contributed by atoms with Gasteiger partial charge in [-0.15, -0.1) is 0 Å². The number of ether oxygens (including phenoxy) is 2. The summed E-state index contributed by atoms with van der Waals surface area (Å²) < 4.78 is 37.6. The highest BCUT2D eigenvalue weighted by atomic mass is 32.2. The van der Waals surface area contributed by atoms with Crippen LogP contribution in [0.3, 0.4) is 0 Å². The van der Waals surface area contributed by atoms with E-state index in [0.717, 1.165) is 63.7 Å². The highest BCUT2D eigenvalue weighted by molar-refractivity contribution is 7.91. The molecule has 2 aromatic rings. The van der Waals surface area contributed by atoms with Gasteiger partial charge in [-0.1, -0.05) is 13.8 Å². The lowest BCUT2D eigenvalue weighted by atomic mass is 9.99. The van der Waals surface area contributed by atoms with Crippen LogP contribution >= 0.6 is 0 Å². The smallest absolute Gasteiger partial charge is 0.206 e. The number of likely N-dealkylation sites (tertiary alicyclic amines) is 2. The van der Waals surface area contributed by atoms with Gasteiger partial charge in [-0.3, -0.25) is 0 Å². The van der Waals surface area contributed by atoms with Gasteiger partial charge in [0.25, 0.3) is 0 Å². The molecular formula is C30H44N2O6S. The Balaban J connectivity index is 1.23. The Morgan fingerprint density at radius 1 is 0.692 bits per heavy atom. The summed E-state index contributed by atoms with van der Waals surface area (Å²) in [5.74, 6) is 2.52. The van der Waals surface area contributed by atoms with E-state index < -0.39 is 22.0 Å². The molecule has 0 spiro atoms. The first-order chi connectivity index (χ1) is 18.7. The van der Waals surface area contributed by atoms with Gasteiger partial charge in [0.1, 0.15) is 36.9 Å². The molecule has 2 fully saturated rings. The summed E-state index contributed by atoms with van der Waals surface area (Å²) in [6, 6.07) is 12.5. The molecule has 0 aromatic heterocycles. The number of benzene rings is 2. The molecule has 2 aliphatic rings. The summed E-state index contributed by atoms with van der Waals surface area (Å²) in [4.78, 5) is 4.85. The van der Waals surface area contributed by atoms with Gasteiger partial charge in [0.05, 0.1) is 9.79 Å². The Bertz CT molecular complexity index is 1030. The minimum atomic E-state index is -3.71. The van der Waals surface area contributed by atoms with Crippen LogP contribution in [0.15, 0.2) is 58.3 Å². The predicted molar refractivity (Wildman–Crippen MR) is 151 cm³/mol. The summed E-state index contributed by atoms with van der Waals surface area (Å²) in [5, 5.41) is 20.7. The van der Waals surface area contributed by atoms with Crippen molar-refractivity contribution in [1.82, 2.24) is 9.80 Å². The van der Waals surface area contributed by atoms with Gasteiger partial charge in [0, 0.05) is 13.1 Å². The van der Waals surface area contributed by atoms with Gasteiger partial charge < -0.3 is 29.5 Å². The van der Waals surface area contributed by atoms with E-state index in [1.54, 1.807) is 24.3 Å². The zero-order chi connectivity index (χ0) is 27.8. The van der Waals surface area contributed by atoms with Crippen molar-refractivity contribution in [3.63, 3.8) is 0 Å². The summed E-state index contributed by atoms with van der Waals surface area (Å²) in [7, 11) is -3.71. The fourth-order valence-corrected chi connectivity index (χ4v) is 6.40. The molecule has 0 unspecified atom stereocenters. The Kier molecular flexibility index (Phi) is 10.7. The predicted octanol–water partition coefficient (Wildman–Crippen LogP) is 3.46. The molecule has 2 aromatic carbocycles. The second kappa shape index (κ2) is 13.9. The quantitative estimate of drug-likeness (QED) is 0.407. The third-order valence-electron chi connectivity index (χ3n) is 7.84. The third-order valence-corrected chi connectivity index (χ3v) is 9.63. The summed E-state index contributed by atoms with van der Waals surface area (Å²) in [6.45, 7) is 9.99. The van der Waals surface area contributed by atoms with E-state index in [4.69, 9.17) is 9.47 Å². The van der Waals surface area contributed by atoms with E-state index in [2.05, 4.69) is 23.6 Å². The van der Waals surface area contributed by atoms with Crippen molar-refractivity contribution in [3.8, 4) is 11.5 Å². The van der Waals surface area contributed by atoms with Gasteiger partial charge in [-0.2, -0.15) is 0 Å². The fourth-order valence-electron chi connectivity index (χ4n) is 5.14. The second-order valence-electron chi connectivity index (χ2n) is 11.3. The lowest BCUT2D eigenvalue weighted by Crippen LogP contribution is -2.40. The Morgan fingerprint density at radius 3 is 1.36 bits per heavy atom. The number of aliphatic hydroxyl groups is 2. The number of aliphatic hydroxyl groups excluding tert-OH is 2. The molecule has 0 saturated carbocycles. The molecule has 9 heteroatoms. The minimum Gasteiger partial charge on any atom is -0.491 e. The van der Waals surface area contributed by atoms with Crippen LogP contribution < -0.4 is 9.47 Å². The van der Waals surface area contributed by atoms with Crippen LogP contribution in [-0.4, -0.2) is 93.1 Å². The molecule has 2 atom stereocenters. The molecule has 8 nitrogen and oxygen atoms in total. The zero-order valence-corrected chi connectivity index (χ0v) is 24.1. The number of hydrogen-bond donors (Lipinski definition) is 2. The van der Waals surface area contributed by atoms with Gasteiger partial charge in [-0.25, -0.2) is 8.42 Å². The van der Waals surface area contributed by atoms with Crippen LogP contribution in [-0.2, 0) is 9.84 Å². The lowest BCUT2D eigenvalue weighted by Gasteiger charge is -2.31. The molecule has 2 N–H and O–H groups in total. The molecule has 0 bridgehead atoms. The highest BCUT2D eigenvalue weighted by Gasteiger charge is 2.21. The minimum absolute atomic E-state index is 0.158. The topological polar surface area (TPSA) is 99.5 Å². The average molecular weight is 561 g/mol. The first kappa shape index (κ1) is 29.8. The van der Waals surface area contributed by atoms with Crippen molar-refractivity contribution in [2.75, 3.05) is 52.5 Å². The van der Waals surface area contributed by atoms with Crippen LogP contribution in [0.5, 0.6) is 11.5 Å². The van der Waals surface area contributed by atoms with E-state index in [1.807, 2.05) is 0 Å². The summed E-state index contributed by atoms with van der Waals surface area (Å²) in [6.07, 6.45) is 3.41. The monoisotopic (exact) mass is 560 g/mol. The molecule has 39 heavy (non-hydrogen) atoms. The van der Waals surface area contributed by atoms with E-state index in [0.29, 0.717) is 24.6 Å². The molecular weight excluding hydrogens is 516 g/mol. The zero-order valence-electron chi connectivity index (χ0n) is 23.2. The van der Waals surface area contributed by atoms with E-state index in [1.165, 1.54) is 24.3 Å². The maximum atomic E-state index is 13.1. The van der Waals surface area contributed by atoms with Crippen LogP contribution in [0.4, 0.5) is 0 Å². The van der Waals surface area contributed by atoms with Gasteiger partial charge in [-0.05, 0) is 112 Å². The number of rotatable bonds is 12. The molecule has 2 heterocycles. The van der Waals surface area contributed by atoms with Crippen molar-refractivity contribution in [3.05, 3.63) is 48.5 Å². The third kappa shape index (κ3) is 8.91. The van der Waals surface area contributed by atoms with E-state index in [9.17, 15) is 18.6 Å². The highest BCUT2D eigenvalue weighted by Crippen LogP contribution is 2.25. The molecule has 0 aliphatic carbocycles. The fraction of sp³-hybridized carbons (Fsp3) is 0.600. The molecule has 0 amide bonds. The largest absolute Gasteiger partial charge is 0.491 e. The maximum Gasteiger partial charge on any atom is 0.206 e. The molecule has 0 radical (unpaired) electrons. The first-order valence-electron chi connectivity index (χ1n) is 14.2. The molecule has 4 rings (SSSR count). The summed E-state index contributed by atoms with van der Waals surface area (Å²) in [5.41, 5.74) is 0. The standard InChI is InChI=1S/C30H44N2O6S/c1-23-11-15-31(16-12-23)19-25(33)21-37-27-3-7-29(8-4-27)39(35,36)30-9-5-28(6-10-30)38-22-26(34)20-32-17-13-24(2)14-18-32/h3-10,23-26,33-34H,11-22H2,1-2H3/t25-,26-/m0/s1. The first-order valence-corrected chi connectivity index (χ1v) is 15.7. The Hall–Kier alpha value is -2.17. The van der Waals surface area contributed by atoms with Crippen LogP contribution in [0.2, 0.25) is 0 Å². The SMILES string of the molecule is CC1CCN(C[C@H](O)COc2ccc(S(=O)(=O)c3ccc(OC[C@@H](O)CN4CCC(C)CC4)cc3)cc2)CC1. The van der Waals surface area contributed by atoms with Gasteiger partial charge in [0.15, 0.2) is 0 Å². The number of hydrogen-bond acceptors (Lipinski definition) is 8. The second-order valence-corrected chi connectivity index (χ2v) is 13.3. The average Bonchev–Trinajstić information content (AvgIpc) is 2.94. The van der Waals surface area contributed by atoms with Crippen molar-refractivity contribution in [2.45, 2.75) is 61.5 Å². The van der Waals surface area contributed by atoms with Crippen molar-refractivity contribution in [2.24, 2.45) is 11.8 Å². The van der Waals surface area contributed by atoms with Crippen LogP contribution in [0, 0.1) is 11.8 Å². The lowest BCUT2D eigenvalue weighted by molar-refractivity contribution is 0.0562. The van der Waals surface area contributed by atoms with Crippen LogP contribution in [0.25, 0.3) is 0 Å². The van der Waals surface area contributed by atoms with Crippen molar-refractivity contribution >= 4 is 9.84 Å². The Morgan fingerprint density at radius 2 is 1.03 bits per heavy atom. The van der Waals surface area contributed by atoms with Crippen molar-refractivity contribution < 1.29 is 28.1 Å². The Labute approximate surface area is 233 Å². The molecule has 2 aliphatic heterocycles. The molecule has 2 saturated heterocycles. The maximum absolute atomic E-state index is 13.1. The van der Waals surface area contributed by atoms with E-state index in [-0.39, 0.29) is 23.0 Å². The van der Waals surface area contributed by atoms with Crippen molar-refractivity contribution in [1.29, 1.82) is 0 Å².